The molecule has 3 heterocycles. The molecule has 8 heteroatoms. The van der Waals surface area contributed by atoms with Crippen LogP contribution in [0.4, 0.5) is 14.6 Å². The second-order valence-electron chi connectivity index (χ2n) is 6.73. The largest absolute Gasteiger partial charge is 0.352 e. The fourth-order valence-electron chi connectivity index (χ4n) is 3.71. The van der Waals surface area contributed by atoms with E-state index in [4.69, 9.17) is 5.73 Å². The number of nitrogens with two attached hydrogens (primary N) is 1. The zero-order valence-corrected chi connectivity index (χ0v) is 13.6. The Labute approximate surface area is 143 Å². The SMILES string of the molecule is NC1CN(c2ncnc3ccccc23)CC1N1CC(F)(F)CCC1=O. The molecule has 2 fully saturated rings. The zero-order chi connectivity index (χ0) is 17.6. The number of rotatable bonds is 2. The molecular weight excluding hydrogens is 328 g/mol. The molecule has 2 N–H and O–H groups in total. The number of para-hydroxylation sites is 1. The minimum absolute atomic E-state index is 0.132. The smallest absolute Gasteiger partial charge is 0.265 e. The van der Waals surface area contributed by atoms with Gasteiger partial charge in [0.25, 0.3) is 5.92 Å². The molecular formula is C17H19F2N5O. The van der Waals surface area contributed by atoms with Gasteiger partial charge in [-0.3, -0.25) is 4.79 Å². The van der Waals surface area contributed by atoms with E-state index in [2.05, 4.69) is 9.97 Å². The minimum Gasteiger partial charge on any atom is -0.352 e. The lowest BCUT2D eigenvalue weighted by Crippen LogP contribution is -2.56. The first-order valence-electron chi connectivity index (χ1n) is 8.32. The lowest BCUT2D eigenvalue weighted by atomic mass is 10.0. The van der Waals surface area contributed by atoms with E-state index < -0.39 is 24.6 Å². The quantitative estimate of drug-likeness (QED) is 0.889. The Hall–Kier alpha value is -2.35. The predicted molar refractivity (Wildman–Crippen MR) is 89.4 cm³/mol. The number of hydrogen-bond donors (Lipinski definition) is 1. The number of alkyl halides is 2. The molecule has 25 heavy (non-hydrogen) atoms. The van der Waals surface area contributed by atoms with Crippen molar-refractivity contribution in [3.8, 4) is 0 Å². The summed E-state index contributed by atoms with van der Waals surface area (Å²) in [4.78, 5) is 24.0. The van der Waals surface area contributed by atoms with Gasteiger partial charge < -0.3 is 15.5 Å². The molecule has 2 aliphatic heterocycles. The van der Waals surface area contributed by atoms with E-state index in [9.17, 15) is 13.6 Å². The molecule has 4 rings (SSSR count). The van der Waals surface area contributed by atoms with Crippen molar-refractivity contribution < 1.29 is 13.6 Å². The molecule has 2 atom stereocenters. The van der Waals surface area contributed by atoms with E-state index in [0.29, 0.717) is 13.1 Å². The number of anilines is 1. The monoisotopic (exact) mass is 347 g/mol. The molecule has 2 saturated heterocycles. The van der Waals surface area contributed by atoms with E-state index in [0.717, 1.165) is 16.7 Å². The number of likely N-dealkylation sites (tertiary alicyclic amines) is 1. The van der Waals surface area contributed by atoms with Crippen LogP contribution in [0.15, 0.2) is 30.6 Å². The summed E-state index contributed by atoms with van der Waals surface area (Å²) in [6.07, 6.45) is 0.966. The molecule has 1 aromatic carbocycles. The van der Waals surface area contributed by atoms with Crippen LogP contribution in [0.2, 0.25) is 0 Å². The Kier molecular flexibility index (Phi) is 3.79. The van der Waals surface area contributed by atoms with Gasteiger partial charge in [-0.2, -0.15) is 0 Å². The first-order chi connectivity index (χ1) is 11.9. The highest BCUT2D eigenvalue weighted by Gasteiger charge is 2.45. The molecule has 2 aromatic rings. The maximum atomic E-state index is 13.8. The first-order valence-corrected chi connectivity index (χ1v) is 8.32. The van der Waals surface area contributed by atoms with E-state index in [1.54, 1.807) is 0 Å². The summed E-state index contributed by atoms with van der Waals surface area (Å²) in [7, 11) is 0. The number of aromatic nitrogens is 2. The molecule has 0 aliphatic carbocycles. The van der Waals surface area contributed by atoms with E-state index >= 15 is 0 Å². The lowest BCUT2D eigenvalue weighted by Gasteiger charge is -2.37. The van der Waals surface area contributed by atoms with Gasteiger partial charge in [-0.1, -0.05) is 12.1 Å². The Morgan fingerprint density at radius 2 is 2.00 bits per heavy atom. The lowest BCUT2D eigenvalue weighted by molar-refractivity contribution is -0.150. The second-order valence-corrected chi connectivity index (χ2v) is 6.73. The Morgan fingerprint density at radius 3 is 2.84 bits per heavy atom. The van der Waals surface area contributed by atoms with Gasteiger partial charge in [-0.15, -0.1) is 0 Å². The van der Waals surface area contributed by atoms with Gasteiger partial charge in [0.2, 0.25) is 5.91 Å². The van der Waals surface area contributed by atoms with Gasteiger partial charge in [0, 0.05) is 37.4 Å². The predicted octanol–water partition coefficient (Wildman–Crippen LogP) is 1.40. The molecule has 2 aliphatic rings. The van der Waals surface area contributed by atoms with Crippen molar-refractivity contribution in [2.45, 2.75) is 30.8 Å². The Morgan fingerprint density at radius 1 is 1.20 bits per heavy atom. The summed E-state index contributed by atoms with van der Waals surface area (Å²) in [5.74, 6) is -2.37. The highest BCUT2D eigenvalue weighted by atomic mass is 19.3. The Balaban J connectivity index is 1.62. The summed E-state index contributed by atoms with van der Waals surface area (Å²) in [6.45, 7) is 0.299. The van der Waals surface area contributed by atoms with Gasteiger partial charge in [0.1, 0.15) is 12.1 Å². The van der Waals surface area contributed by atoms with Crippen LogP contribution in [-0.2, 0) is 4.79 Å². The number of benzene rings is 1. The van der Waals surface area contributed by atoms with Crippen LogP contribution in [0.3, 0.4) is 0 Å². The third-order valence-electron chi connectivity index (χ3n) is 4.98. The van der Waals surface area contributed by atoms with Crippen LogP contribution in [0, 0.1) is 0 Å². The number of carbonyl (C=O) groups excluding carboxylic acids is 1. The molecule has 1 aromatic heterocycles. The minimum atomic E-state index is -2.84. The summed E-state index contributed by atoms with van der Waals surface area (Å²) < 4.78 is 27.5. The molecule has 132 valence electrons. The molecule has 0 bridgehead atoms. The van der Waals surface area contributed by atoms with Crippen molar-refractivity contribution in [1.82, 2.24) is 14.9 Å². The fourth-order valence-corrected chi connectivity index (χ4v) is 3.71. The van der Waals surface area contributed by atoms with Crippen LogP contribution < -0.4 is 10.6 Å². The second kappa shape index (κ2) is 5.87. The van der Waals surface area contributed by atoms with E-state index in [1.165, 1.54) is 11.2 Å². The fraction of sp³-hybridized carbons (Fsp3) is 0.471. The molecule has 6 nitrogen and oxygen atoms in total. The van der Waals surface area contributed by atoms with Gasteiger partial charge in [0.05, 0.1) is 18.1 Å². The number of piperidine rings is 1. The summed E-state index contributed by atoms with van der Waals surface area (Å²) in [5, 5.41) is 0.883. The van der Waals surface area contributed by atoms with Crippen LogP contribution >= 0.6 is 0 Å². The van der Waals surface area contributed by atoms with Gasteiger partial charge in [-0.05, 0) is 12.1 Å². The van der Waals surface area contributed by atoms with Crippen molar-refractivity contribution in [3.63, 3.8) is 0 Å². The first kappa shape index (κ1) is 16.1. The van der Waals surface area contributed by atoms with Crippen LogP contribution in [0.25, 0.3) is 10.9 Å². The number of hydrogen-bond acceptors (Lipinski definition) is 5. The molecule has 0 saturated carbocycles. The third-order valence-corrected chi connectivity index (χ3v) is 4.98. The number of carbonyl (C=O) groups is 1. The number of nitrogens with zero attached hydrogens (tertiary/aromatic N) is 4. The van der Waals surface area contributed by atoms with Gasteiger partial charge in [-0.25, -0.2) is 18.7 Å². The van der Waals surface area contributed by atoms with Gasteiger partial charge in [0.15, 0.2) is 0 Å². The summed E-state index contributed by atoms with van der Waals surface area (Å²) >= 11 is 0. The zero-order valence-electron chi connectivity index (χ0n) is 13.6. The maximum absolute atomic E-state index is 13.8. The number of amides is 1. The van der Waals surface area contributed by atoms with Crippen molar-refractivity contribution in [1.29, 1.82) is 0 Å². The third kappa shape index (κ3) is 2.90. The van der Waals surface area contributed by atoms with Crippen molar-refractivity contribution in [2.75, 3.05) is 24.5 Å². The molecule has 2 unspecified atom stereocenters. The maximum Gasteiger partial charge on any atom is 0.265 e. The number of fused-ring (bicyclic) bond motifs is 1. The number of halogens is 2. The van der Waals surface area contributed by atoms with E-state index in [1.807, 2.05) is 29.2 Å². The normalized spacial score (nSPS) is 26.4. The summed E-state index contributed by atoms with van der Waals surface area (Å²) in [6, 6.07) is 6.77. The van der Waals surface area contributed by atoms with Crippen LogP contribution in [-0.4, -0.2) is 58.4 Å². The summed E-state index contributed by atoms with van der Waals surface area (Å²) in [5.41, 5.74) is 7.02. The Bertz CT molecular complexity index is 809. The molecule has 0 spiro atoms. The van der Waals surface area contributed by atoms with Crippen molar-refractivity contribution in [2.24, 2.45) is 5.73 Å². The van der Waals surface area contributed by atoms with Crippen molar-refractivity contribution in [3.05, 3.63) is 30.6 Å². The average Bonchev–Trinajstić information content (AvgIpc) is 2.98. The van der Waals surface area contributed by atoms with E-state index in [-0.39, 0.29) is 18.7 Å². The molecule has 1 amide bonds. The average molecular weight is 347 g/mol. The van der Waals surface area contributed by atoms with Crippen LogP contribution in [0.1, 0.15) is 12.8 Å². The van der Waals surface area contributed by atoms with Crippen LogP contribution in [0.5, 0.6) is 0 Å². The van der Waals surface area contributed by atoms with Gasteiger partial charge >= 0.3 is 0 Å². The topological polar surface area (TPSA) is 75.3 Å². The molecule has 0 radical (unpaired) electrons. The highest BCUT2D eigenvalue weighted by Crippen LogP contribution is 2.32. The van der Waals surface area contributed by atoms with Crippen molar-refractivity contribution >= 4 is 22.6 Å². The standard InChI is InChI=1S/C17H19F2N5O/c18-17(19)6-5-15(25)24(9-17)14-8-23(7-12(14)20)16-11-3-1-2-4-13(11)21-10-22-16/h1-4,10,12,14H,5-9,20H2. The highest BCUT2D eigenvalue weighted by molar-refractivity contribution is 5.89.